The third kappa shape index (κ3) is 3.58. The van der Waals surface area contributed by atoms with Crippen LogP contribution in [0.25, 0.3) is 0 Å². The molecule has 1 amide bonds. The summed E-state index contributed by atoms with van der Waals surface area (Å²) >= 11 is 0. The van der Waals surface area contributed by atoms with Crippen LogP contribution in [0.1, 0.15) is 36.2 Å². The maximum atomic E-state index is 13.1. The van der Waals surface area contributed by atoms with Gasteiger partial charge in [0.25, 0.3) is 5.91 Å². The van der Waals surface area contributed by atoms with Crippen molar-refractivity contribution in [3.8, 4) is 0 Å². The number of rotatable bonds is 4. The largest absolute Gasteiger partial charge is 0.366 e. The Morgan fingerprint density at radius 2 is 1.95 bits per heavy atom. The molecular weight excluding hydrogens is 283 g/mol. The van der Waals surface area contributed by atoms with Crippen LogP contribution in [0.2, 0.25) is 0 Å². The molecule has 1 aromatic heterocycles. The molecule has 0 aliphatic heterocycles. The van der Waals surface area contributed by atoms with Gasteiger partial charge in [-0.25, -0.2) is 4.39 Å². The van der Waals surface area contributed by atoms with Crippen LogP contribution in [-0.2, 0) is 0 Å². The minimum absolute atomic E-state index is 0.196. The van der Waals surface area contributed by atoms with E-state index < -0.39 is 11.7 Å². The molecule has 0 spiro atoms. The molecular formula is C16H17FN4O. The maximum absolute atomic E-state index is 13.1. The molecule has 2 N–H and O–H groups in total. The van der Waals surface area contributed by atoms with Crippen molar-refractivity contribution in [2.45, 2.75) is 31.7 Å². The van der Waals surface area contributed by atoms with E-state index in [1.807, 2.05) is 0 Å². The summed E-state index contributed by atoms with van der Waals surface area (Å²) < 4.78 is 13.1. The fourth-order valence-electron chi connectivity index (χ4n) is 2.57. The lowest BCUT2D eigenvalue weighted by Crippen LogP contribution is -2.18. The van der Waals surface area contributed by atoms with Crippen molar-refractivity contribution in [3.05, 3.63) is 47.9 Å². The Morgan fingerprint density at radius 1 is 1.14 bits per heavy atom. The van der Waals surface area contributed by atoms with Gasteiger partial charge in [0.1, 0.15) is 11.6 Å². The highest BCUT2D eigenvalue weighted by Crippen LogP contribution is 2.21. The number of carbonyl (C=O) groups excluding carboxylic acids is 1. The Hall–Kier alpha value is -2.50. The van der Waals surface area contributed by atoms with Crippen LogP contribution in [0, 0.1) is 5.82 Å². The first-order valence-electron chi connectivity index (χ1n) is 7.38. The Bertz CT molecular complexity index is 653. The number of nitrogens with zero attached hydrogens (tertiary/aromatic N) is 2. The zero-order valence-corrected chi connectivity index (χ0v) is 12.1. The summed E-state index contributed by atoms with van der Waals surface area (Å²) in [5.74, 6) is -0.139. The van der Waals surface area contributed by atoms with Crippen LogP contribution in [0.4, 0.5) is 15.9 Å². The van der Waals surface area contributed by atoms with E-state index >= 15 is 0 Å². The minimum atomic E-state index is -0.412. The second kappa shape index (κ2) is 6.51. The predicted octanol–water partition coefficient (Wildman–Crippen LogP) is 3.22. The van der Waals surface area contributed by atoms with E-state index in [1.54, 1.807) is 18.2 Å². The summed E-state index contributed by atoms with van der Waals surface area (Å²) in [6, 6.07) is 9.52. The van der Waals surface area contributed by atoms with Crippen molar-refractivity contribution in [3.63, 3.8) is 0 Å². The quantitative estimate of drug-likeness (QED) is 0.909. The lowest BCUT2D eigenvalue weighted by Gasteiger charge is -2.11. The number of hydrogen-bond donors (Lipinski definition) is 2. The summed E-state index contributed by atoms with van der Waals surface area (Å²) in [6.07, 6.45) is 4.76. The number of hydrogen-bond acceptors (Lipinski definition) is 4. The van der Waals surface area contributed by atoms with Gasteiger partial charge < -0.3 is 10.6 Å². The van der Waals surface area contributed by atoms with E-state index in [1.165, 1.54) is 31.0 Å². The van der Waals surface area contributed by atoms with E-state index in [0.29, 0.717) is 17.5 Å². The number of carbonyl (C=O) groups is 1. The van der Waals surface area contributed by atoms with Gasteiger partial charge in [-0.05, 0) is 43.2 Å². The number of nitrogens with one attached hydrogen (secondary N) is 2. The Labute approximate surface area is 128 Å². The Balaban J connectivity index is 1.63. The predicted molar refractivity (Wildman–Crippen MR) is 82.3 cm³/mol. The molecule has 2 aromatic rings. The first kappa shape index (κ1) is 14.4. The highest BCUT2D eigenvalue weighted by atomic mass is 19.1. The second-order valence-electron chi connectivity index (χ2n) is 5.39. The van der Waals surface area contributed by atoms with Gasteiger partial charge in [-0.15, -0.1) is 10.2 Å². The smallest absolute Gasteiger partial charge is 0.276 e. The summed E-state index contributed by atoms with van der Waals surface area (Å²) in [4.78, 5) is 12.0. The van der Waals surface area contributed by atoms with Crippen molar-refractivity contribution < 1.29 is 9.18 Å². The van der Waals surface area contributed by atoms with E-state index in [9.17, 15) is 9.18 Å². The average Bonchev–Trinajstić information content (AvgIpc) is 3.01. The third-order valence-electron chi connectivity index (χ3n) is 3.69. The van der Waals surface area contributed by atoms with E-state index in [4.69, 9.17) is 0 Å². The lowest BCUT2D eigenvalue weighted by molar-refractivity contribution is 0.102. The van der Waals surface area contributed by atoms with Gasteiger partial charge in [-0.3, -0.25) is 4.79 Å². The van der Waals surface area contributed by atoms with Crippen molar-refractivity contribution in [1.29, 1.82) is 0 Å². The molecule has 0 unspecified atom stereocenters. The molecule has 1 aromatic carbocycles. The van der Waals surface area contributed by atoms with Gasteiger partial charge >= 0.3 is 0 Å². The fraction of sp³-hybridized carbons (Fsp3) is 0.312. The molecule has 5 nitrogen and oxygen atoms in total. The van der Waals surface area contributed by atoms with Gasteiger partial charge in [-0.2, -0.15) is 0 Å². The molecule has 3 rings (SSSR count). The van der Waals surface area contributed by atoms with E-state index in [2.05, 4.69) is 20.8 Å². The van der Waals surface area contributed by atoms with Gasteiger partial charge in [0, 0.05) is 11.7 Å². The summed E-state index contributed by atoms with van der Waals surface area (Å²) in [7, 11) is 0. The molecule has 6 heteroatoms. The zero-order chi connectivity index (χ0) is 15.4. The molecule has 0 radical (unpaired) electrons. The van der Waals surface area contributed by atoms with Crippen LogP contribution in [-0.4, -0.2) is 22.1 Å². The molecule has 1 heterocycles. The average molecular weight is 300 g/mol. The number of halogens is 1. The van der Waals surface area contributed by atoms with Gasteiger partial charge in [0.2, 0.25) is 0 Å². The van der Waals surface area contributed by atoms with E-state index in [-0.39, 0.29) is 5.69 Å². The first-order valence-corrected chi connectivity index (χ1v) is 7.38. The summed E-state index contributed by atoms with van der Waals surface area (Å²) in [5.41, 5.74) is 0.584. The number of amides is 1. The number of anilines is 2. The van der Waals surface area contributed by atoms with Gasteiger partial charge in [0.15, 0.2) is 5.69 Å². The highest BCUT2D eigenvalue weighted by molar-refractivity contribution is 6.02. The molecule has 1 fully saturated rings. The highest BCUT2D eigenvalue weighted by Gasteiger charge is 2.15. The van der Waals surface area contributed by atoms with E-state index in [0.717, 1.165) is 12.8 Å². The second-order valence-corrected chi connectivity index (χ2v) is 5.39. The SMILES string of the molecule is O=C(Nc1cccc(F)c1)c1ccc(NC2CCCC2)nn1. The molecule has 22 heavy (non-hydrogen) atoms. The molecule has 1 aliphatic carbocycles. The monoisotopic (exact) mass is 300 g/mol. The van der Waals surface area contributed by atoms with Crippen LogP contribution >= 0.6 is 0 Å². The number of aromatic nitrogens is 2. The number of benzene rings is 1. The topological polar surface area (TPSA) is 66.9 Å². The van der Waals surface area contributed by atoms with Gasteiger partial charge in [-0.1, -0.05) is 18.9 Å². The van der Waals surface area contributed by atoms with Crippen molar-refractivity contribution in [1.82, 2.24) is 10.2 Å². The molecule has 0 bridgehead atoms. The fourth-order valence-corrected chi connectivity index (χ4v) is 2.57. The molecule has 1 saturated carbocycles. The van der Waals surface area contributed by atoms with Gasteiger partial charge in [0.05, 0.1) is 0 Å². The standard InChI is InChI=1S/C16H17FN4O/c17-11-4-3-7-13(10-11)19-16(22)14-8-9-15(21-20-14)18-12-5-1-2-6-12/h3-4,7-10,12H,1-2,5-6H2,(H,18,21)(H,19,22). The van der Waals surface area contributed by atoms with Crippen LogP contribution in [0.3, 0.4) is 0 Å². The molecule has 0 atom stereocenters. The maximum Gasteiger partial charge on any atom is 0.276 e. The molecule has 0 saturated heterocycles. The Morgan fingerprint density at radius 3 is 2.64 bits per heavy atom. The molecule has 1 aliphatic rings. The van der Waals surface area contributed by atoms with Crippen LogP contribution in [0.15, 0.2) is 36.4 Å². The normalized spacial score (nSPS) is 14.8. The van der Waals surface area contributed by atoms with Crippen LogP contribution in [0.5, 0.6) is 0 Å². The molecule has 114 valence electrons. The Kier molecular flexibility index (Phi) is 4.27. The first-order chi connectivity index (χ1) is 10.7. The third-order valence-corrected chi connectivity index (χ3v) is 3.69. The minimum Gasteiger partial charge on any atom is -0.366 e. The summed E-state index contributed by atoms with van der Waals surface area (Å²) in [5, 5.41) is 13.8. The van der Waals surface area contributed by atoms with Crippen LogP contribution < -0.4 is 10.6 Å². The van der Waals surface area contributed by atoms with Crippen molar-refractivity contribution in [2.75, 3.05) is 10.6 Å². The summed E-state index contributed by atoms with van der Waals surface area (Å²) in [6.45, 7) is 0. The van der Waals surface area contributed by atoms with Crippen molar-refractivity contribution >= 4 is 17.4 Å². The zero-order valence-electron chi connectivity index (χ0n) is 12.1. The lowest BCUT2D eigenvalue weighted by atomic mass is 10.2. The van der Waals surface area contributed by atoms with Crippen molar-refractivity contribution in [2.24, 2.45) is 0 Å².